The highest BCUT2D eigenvalue weighted by atomic mass is 16.4. The van der Waals surface area contributed by atoms with Gasteiger partial charge in [0.25, 0.3) is 0 Å². The Morgan fingerprint density at radius 3 is 2.30 bits per heavy atom. The van der Waals surface area contributed by atoms with Crippen molar-refractivity contribution in [2.75, 3.05) is 0 Å². The molecular weight excluding hydrogens is 460 g/mol. The number of nitrogens with two attached hydrogens (primary N) is 1. The molecule has 5 aromatic rings. The van der Waals surface area contributed by atoms with Crippen LogP contribution in [-0.2, 0) is 11.3 Å². The van der Waals surface area contributed by atoms with Gasteiger partial charge >= 0.3 is 0 Å². The number of nitrogens with zero attached hydrogens (tertiary/aromatic N) is 3. The molecule has 1 amide bonds. The quantitative estimate of drug-likeness (QED) is 0.260. The van der Waals surface area contributed by atoms with Crippen molar-refractivity contribution >= 4 is 28.9 Å². The van der Waals surface area contributed by atoms with Crippen LogP contribution < -0.4 is 5.73 Å². The van der Waals surface area contributed by atoms with Crippen LogP contribution in [-0.4, -0.2) is 16.7 Å². The molecule has 3 aromatic carbocycles. The molecule has 0 saturated heterocycles. The summed E-state index contributed by atoms with van der Waals surface area (Å²) in [6.07, 6.45) is 3.89. The van der Waals surface area contributed by atoms with E-state index in [4.69, 9.17) is 10.2 Å². The van der Waals surface area contributed by atoms with Gasteiger partial charge in [-0.3, -0.25) is 4.79 Å². The summed E-state index contributed by atoms with van der Waals surface area (Å²) in [5.41, 5.74) is 12.3. The van der Waals surface area contributed by atoms with E-state index >= 15 is 0 Å². The molecule has 0 unspecified atom stereocenters. The first-order valence-electron chi connectivity index (χ1n) is 12.1. The van der Waals surface area contributed by atoms with Gasteiger partial charge in [-0.25, -0.2) is 4.99 Å². The second kappa shape index (κ2) is 10.00. The molecule has 0 spiro atoms. The molecule has 0 bridgehead atoms. The van der Waals surface area contributed by atoms with Gasteiger partial charge in [0, 0.05) is 53.0 Å². The topological polar surface area (TPSA) is 97.3 Å². The summed E-state index contributed by atoms with van der Waals surface area (Å²) in [7, 11) is 0. The lowest BCUT2D eigenvalue weighted by Gasteiger charge is -2.05. The average Bonchev–Trinajstić information content (AvgIpc) is 3.45. The molecule has 0 fully saturated rings. The van der Waals surface area contributed by atoms with Crippen LogP contribution >= 0.6 is 0 Å². The second-order valence-corrected chi connectivity index (χ2v) is 9.10. The zero-order chi connectivity index (χ0) is 25.9. The minimum absolute atomic E-state index is 0.242. The minimum atomic E-state index is -0.352. The largest absolute Gasteiger partial charge is 0.436 e. The average molecular weight is 487 g/mol. The Balaban J connectivity index is 1.63. The van der Waals surface area contributed by atoms with E-state index in [1.54, 1.807) is 6.21 Å². The number of furan rings is 1. The molecule has 6 heteroatoms. The van der Waals surface area contributed by atoms with Crippen LogP contribution in [0.1, 0.15) is 28.7 Å². The van der Waals surface area contributed by atoms with E-state index in [1.807, 2.05) is 97.4 Å². The number of carbonyl (C=O) groups excluding carboxylic acids is 1. The van der Waals surface area contributed by atoms with Crippen LogP contribution in [0.3, 0.4) is 0 Å². The molecule has 37 heavy (non-hydrogen) atoms. The third kappa shape index (κ3) is 4.80. The van der Waals surface area contributed by atoms with Crippen LogP contribution in [0.5, 0.6) is 0 Å². The van der Waals surface area contributed by atoms with Crippen molar-refractivity contribution in [1.29, 1.82) is 5.26 Å². The number of fused-ring (bicyclic) bond motifs is 1. The van der Waals surface area contributed by atoms with Crippen molar-refractivity contribution in [2.24, 2.45) is 10.7 Å². The molecule has 2 heterocycles. The van der Waals surface area contributed by atoms with Gasteiger partial charge in [-0.15, -0.1) is 0 Å². The van der Waals surface area contributed by atoms with Gasteiger partial charge in [-0.1, -0.05) is 77.9 Å². The summed E-state index contributed by atoms with van der Waals surface area (Å²) in [4.78, 5) is 16.0. The smallest absolute Gasteiger partial charge is 0.238 e. The number of carbonyl (C=O) groups is 1. The fourth-order valence-corrected chi connectivity index (χ4v) is 4.44. The number of primary amides is 1. The van der Waals surface area contributed by atoms with Gasteiger partial charge in [0.05, 0.1) is 0 Å². The Hall–Kier alpha value is -4.89. The van der Waals surface area contributed by atoms with Gasteiger partial charge in [-0.05, 0) is 25.5 Å². The number of hydrogen-bond donors (Lipinski definition) is 1. The van der Waals surface area contributed by atoms with Crippen LogP contribution in [0.15, 0.2) is 88.4 Å². The fraction of sp³-hybridized carbons (Fsp3) is 0.129. The highest BCUT2D eigenvalue weighted by Crippen LogP contribution is 2.42. The first kappa shape index (κ1) is 23.8. The van der Waals surface area contributed by atoms with Crippen LogP contribution in [0.2, 0.25) is 0 Å². The van der Waals surface area contributed by atoms with E-state index in [0.29, 0.717) is 17.9 Å². The number of aliphatic imine (C=N–C) groups is 1. The highest BCUT2D eigenvalue weighted by molar-refractivity contribution is 6.00. The molecule has 2 aromatic heterocycles. The van der Waals surface area contributed by atoms with E-state index in [9.17, 15) is 10.1 Å². The van der Waals surface area contributed by atoms with Crippen LogP contribution in [0.25, 0.3) is 33.4 Å². The number of para-hydroxylation sites is 1. The van der Waals surface area contributed by atoms with Crippen molar-refractivity contribution in [3.05, 3.63) is 101 Å². The lowest BCUT2D eigenvalue weighted by atomic mass is 9.97. The Morgan fingerprint density at radius 2 is 1.65 bits per heavy atom. The van der Waals surface area contributed by atoms with E-state index in [-0.39, 0.29) is 18.2 Å². The third-order valence-corrected chi connectivity index (χ3v) is 6.39. The van der Waals surface area contributed by atoms with Gasteiger partial charge in [0.2, 0.25) is 11.8 Å². The zero-order valence-corrected chi connectivity index (χ0v) is 20.7. The number of aromatic nitrogens is 1. The van der Waals surface area contributed by atoms with E-state index in [1.165, 1.54) is 0 Å². The summed E-state index contributed by atoms with van der Waals surface area (Å²) in [6, 6.07) is 26.3. The SMILES string of the molecule is Cc1ccc(-c2oc(N=Cc3cn(CCC(N)=O)c4ccccc34)c(C#N)c2-c2ccc(C)cc2)cc1. The molecule has 0 radical (unpaired) electrons. The van der Waals surface area contributed by atoms with E-state index < -0.39 is 0 Å². The van der Waals surface area contributed by atoms with Crippen LogP contribution in [0, 0.1) is 25.2 Å². The summed E-state index contributed by atoms with van der Waals surface area (Å²) in [5.74, 6) is 0.508. The van der Waals surface area contributed by atoms with E-state index in [2.05, 4.69) is 11.1 Å². The molecule has 182 valence electrons. The molecule has 0 aliphatic heterocycles. The molecule has 5 rings (SSSR count). The molecule has 6 nitrogen and oxygen atoms in total. The van der Waals surface area contributed by atoms with E-state index in [0.717, 1.165) is 44.3 Å². The molecule has 0 saturated carbocycles. The molecule has 2 N–H and O–H groups in total. The number of amides is 1. The predicted molar refractivity (Wildman–Crippen MR) is 147 cm³/mol. The maximum absolute atomic E-state index is 11.3. The summed E-state index contributed by atoms with van der Waals surface area (Å²) < 4.78 is 8.27. The standard InChI is InChI=1S/C31H26N4O2/c1-20-7-11-22(12-8-20)29-26(17-32)31(37-30(29)23-13-9-21(2)10-14-23)34-18-24-19-35(16-15-28(33)36)27-6-4-3-5-25(24)27/h3-14,18-19H,15-16H2,1-2H3,(H2,33,36). The van der Waals surface area contributed by atoms with Crippen molar-refractivity contribution < 1.29 is 9.21 Å². The summed E-state index contributed by atoms with van der Waals surface area (Å²) in [5, 5.41) is 11.2. The molecule has 0 aliphatic carbocycles. The Labute approximate surface area is 215 Å². The Morgan fingerprint density at radius 1 is 1.00 bits per heavy atom. The van der Waals surface area contributed by atoms with Crippen molar-refractivity contribution in [3.8, 4) is 28.5 Å². The lowest BCUT2D eigenvalue weighted by molar-refractivity contribution is -0.118. The Kier molecular flexibility index (Phi) is 6.44. The van der Waals surface area contributed by atoms with Gasteiger partial charge in [0.15, 0.2) is 0 Å². The van der Waals surface area contributed by atoms with Crippen molar-refractivity contribution in [2.45, 2.75) is 26.8 Å². The highest BCUT2D eigenvalue weighted by Gasteiger charge is 2.23. The van der Waals surface area contributed by atoms with Gasteiger partial charge < -0.3 is 14.7 Å². The number of benzene rings is 3. The van der Waals surface area contributed by atoms with Crippen molar-refractivity contribution in [1.82, 2.24) is 4.57 Å². The van der Waals surface area contributed by atoms with Crippen LogP contribution in [0.4, 0.5) is 5.88 Å². The number of hydrogen-bond acceptors (Lipinski definition) is 4. The number of nitriles is 1. The summed E-state index contributed by atoms with van der Waals surface area (Å²) in [6.45, 7) is 4.53. The van der Waals surface area contributed by atoms with Gasteiger partial charge in [-0.2, -0.15) is 5.26 Å². The molecule has 0 atom stereocenters. The predicted octanol–water partition coefficient (Wildman–Crippen LogP) is 6.68. The number of aryl methyl sites for hydroxylation is 3. The summed E-state index contributed by atoms with van der Waals surface area (Å²) >= 11 is 0. The van der Waals surface area contributed by atoms with Gasteiger partial charge in [0.1, 0.15) is 17.4 Å². The lowest BCUT2D eigenvalue weighted by Crippen LogP contribution is -2.13. The molecule has 0 aliphatic rings. The monoisotopic (exact) mass is 486 g/mol. The maximum atomic E-state index is 11.3. The maximum Gasteiger partial charge on any atom is 0.238 e. The Bertz CT molecular complexity index is 1660. The second-order valence-electron chi connectivity index (χ2n) is 9.10. The normalized spacial score (nSPS) is 11.3. The minimum Gasteiger partial charge on any atom is -0.436 e. The number of rotatable bonds is 7. The zero-order valence-electron chi connectivity index (χ0n) is 20.7. The first-order valence-corrected chi connectivity index (χ1v) is 12.1. The van der Waals surface area contributed by atoms with Crippen molar-refractivity contribution in [3.63, 3.8) is 0 Å². The first-order chi connectivity index (χ1) is 17.9. The molecular formula is C31H26N4O2. The fourth-order valence-electron chi connectivity index (χ4n) is 4.44. The third-order valence-electron chi connectivity index (χ3n) is 6.39.